The highest BCUT2D eigenvalue weighted by Crippen LogP contribution is 2.25. The second kappa shape index (κ2) is 11.2. The number of nitro groups is 1. The van der Waals surface area contributed by atoms with Gasteiger partial charge in [-0.1, -0.05) is 31.9 Å². The number of nitro benzene ring substituents is 1. The van der Waals surface area contributed by atoms with Crippen molar-refractivity contribution in [3.05, 3.63) is 68.7 Å². The Morgan fingerprint density at radius 2 is 1.72 bits per heavy atom. The summed E-state index contributed by atoms with van der Waals surface area (Å²) in [6.07, 6.45) is 0.598. The first-order valence-electron chi connectivity index (χ1n) is 10.0. The smallest absolute Gasteiger partial charge is 0.338 e. The molecule has 0 aliphatic heterocycles. The lowest BCUT2D eigenvalue weighted by atomic mass is 9.97. The van der Waals surface area contributed by atoms with Crippen molar-refractivity contribution in [2.75, 3.05) is 11.9 Å². The predicted molar refractivity (Wildman–Crippen MR) is 120 cm³/mol. The lowest BCUT2D eigenvalue weighted by molar-refractivity contribution is -0.384. The summed E-state index contributed by atoms with van der Waals surface area (Å²) < 4.78 is 4.93. The monoisotopic (exact) mass is 461 g/mol. The van der Waals surface area contributed by atoms with Crippen molar-refractivity contribution in [2.45, 2.75) is 33.2 Å². The van der Waals surface area contributed by atoms with Gasteiger partial charge in [-0.05, 0) is 49.2 Å². The lowest BCUT2D eigenvalue weighted by Crippen LogP contribution is -2.47. The van der Waals surface area contributed by atoms with Crippen LogP contribution in [0.15, 0.2) is 42.5 Å². The molecule has 0 aromatic heterocycles. The number of hydrogen-bond donors (Lipinski definition) is 2. The minimum atomic E-state index is -0.896. The average Bonchev–Trinajstić information content (AvgIpc) is 2.77. The van der Waals surface area contributed by atoms with Crippen LogP contribution in [0.5, 0.6) is 0 Å². The molecule has 32 heavy (non-hydrogen) atoms. The Morgan fingerprint density at radius 3 is 2.28 bits per heavy atom. The maximum Gasteiger partial charge on any atom is 0.338 e. The van der Waals surface area contributed by atoms with E-state index in [4.69, 9.17) is 16.3 Å². The van der Waals surface area contributed by atoms with Crippen LogP contribution in [0.2, 0.25) is 5.02 Å². The molecule has 0 aliphatic rings. The average molecular weight is 462 g/mol. The standard InChI is InChI=1S/C22H24ClN3O6/c1-4-13(3)19(25-20(27)15-8-11-17(23)18(12-15)26(30)31)21(28)24-16-9-6-14(7-10-16)22(29)32-5-2/h6-13,19H,4-5H2,1-3H3,(H,24,28)(H,25,27)/t13-,19-/m0/s1. The molecule has 0 radical (unpaired) electrons. The Labute approximate surface area is 190 Å². The fourth-order valence-electron chi connectivity index (χ4n) is 2.84. The molecule has 0 spiro atoms. The maximum absolute atomic E-state index is 12.9. The van der Waals surface area contributed by atoms with Crippen molar-refractivity contribution in [3.63, 3.8) is 0 Å². The van der Waals surface area contributed by atoms with Crippen molar-refractivity contribution < 1.29 is 24.0 Å². The minimum absolute atomic E-state index is 0.0148. The second-order valence-corrected chi connectivity index (χ2v) is 7.45. The molecule has 0 aliphatic carbocycles. The molecule has 9 nitrogen and oxygen atoms in total. The number of carbonyl (C=O) groups is 3. The van der Waals surface area contributed by atoms with Gasteiger partial charge >= 0.3 is 5.97 Å². The van der Waals surface area contributed by atoms with E-state index in [2.05, 4.69) is 10.6 Å². The molecule has 2 amide bonds. The first-order valence-corrected chi connectivity index (χ1v) is 10.4. The van der Waals surface area contributed by atoms with Crippen LogP contribution >= 0.6 is 11.6 Å². The van der Waals surface area contributed by atoms with Gasteiger partial charge < -0.3 is 15.4 Å². The van der Waals surface area contributed by atoms with Crippen LogP contribution < -0.4 is 10.6 Å². The molecule has 2 atom stereocenters. The Bertz CT molecular complexity index is 1010. The summed E-state index contributed by atoms with van der Waals surface area (Å²) in [5, 5.41) is 16.4. The van der Waals surface area contributed by atoms with Gasteiger partial charge in [0.05, 0.1) is 17.1 Å². The van der Waals surface area contributed by atoms with E-state index in [0.717, 1.165) is 6.07 Å². The van der Waals surface area contributed by atoms with Gasteiger partial charge in [0, 0.05) is 17.3 Å². The van der Waals surface area contributed by atoms with Gasteiger partial charge in [-0.3, -0.25) is 19.7 Å². The summed E-state index contributed by atoms with van der Waals surface area (Å²) in [4.78, 5) is 47.7. The molecule has 2 aromatic rings. The van der Waals surface area contributed by atoms with Crippen molar-refractivity contribution in [1.29, 1.82) is 0 Å². The second-order valence-electron chi connectivity index (χ2n) is 7.05. The van der Waals surface area contributed by atoms with E-state index in [1.807, 2.05) is 6.92 Å². The molecule has 2 N–H and O–H groups in total. The van der Waals surface area contributed by atoms with Crippen LogP contribution in [-0.2, 0) is 9.53 Å². The highest BCUT2D eigenvalue weighted by atomic mass is 35.5. The van der Waals surface area contributed by atoms with E-state index in [9.17, 15) is 24.5 Å². The third-order valence-corrected chi connectivity index (χ3v) is 5.17. The van der Waals surface area contributed by atoms with Gasteiger partial charge in [-0.25, -0.2) is 4.79 Å². The fraction of sp³-hybridized carbons (Fsp3) is 0.318. The van der Waals surface area contributed by atoms with Gasteiger partial charge in [0.2, 0.25) is 5.91 Å². The molecule has 0 saturated heterocycles. The summed E-state index contributed by atoms with van der Waals surface area (Å²) in [6.45, 7) is 5.64. The largest absolute Gasteiger partial charge is 0.462 e. The minimum Gasteiger partial charge on any atom is -0.462 e. The number of esters is 1. The number of amides is 2. The third-order valence-electron chi connectivity index (χ3n) is 4.85. The topological polar surface area (TPSA) is 128 Å². The zero-order valence-electron chi connectivity index (χ0n) is 17.9. The molecule has 0 unspecified atom stereocenters. The number of carbonyl (C=O) groups excluding carboxylic acids is 3. The molecule has 10 heteroatoms. The summed E-state index contributed by atoms with van der Waals surface area (Å²) in [5.41, 5.74) is 0.403. The molecular weight excluding hydrogens is 438 g/mol. The normalized spacial score (nSPS) is 12.4. The van der Waals surface area contributed by atoms with Crippen molar-refractivity contribution >= 4 is 40.8 Å². The van der Waals surface area contributed by atoms with Crippen molar-refractivity contribution in [3.8, 4) is 0 Å². The van der Waals surface area contributed by atoms with Gasteiger partial charge in [0.15, 0.2) is 0 Å². The zero-order chi connectivity index (χ0) is 23.8. The first-order chi connectivity index (χ1) is 15.2. The van der Waals surface area contributed by atoms with Crippen LogP contribution in [0, 0.1) is 16.0 Å². The van der Waals surface area contributed by atoms with Gasteiger partial charge in [0.1, 0.15) is 11.1 Å². The van der Waals surface area contributed by atoms with Crippen molar-refractivity contribution in [2.24, 2.45) is 5.92 Å². The SMILES string of the molecule is CCOC(=O)c1ccc(NC(=O)[C@@H](NC(=O)c2ccc(Cl)c([N+](=O)[O-])c2)[C@@H](C)CC)cc1. The summed E-state index contributed by atoms with van der Waals surface area (Å²) in [6, 6.07) is 8.95. The summed E-state index contributed by atoms with van der Waals surface area (Å²) in [5.74, 6) is -1.78. The molecule has 170 valence electrons. The van der Waals surface area contributed by atoms with Crippen LogP contribution in [0.25, 0.3) is 0 Å². The first kappa shape index (κ1) is 24.8. The Balaban J connectivity index is 2.16. The van der Waals surface area contributed by atoms with E-state index in [1.165, 1.54) is 24.3 Å². The highest BCUT2D eigenvalue weighted by molar-refractivity contribution is 6.32. The Hall–Kier alpha value is -3.46. The maximum atomic E-state index is 12.9. The van der Waals surface area contributed by atoms with E-state index >= 15 is 0 Å². The van der Waals surface area contributed by atoms with E-state index in [0.29, 0.717) is 17.7 Å². The van der Waals surface area contributed by atoms with E-state index < -0.39 is 34.4 Å². The molecule has 0 saturated carbocycles. The number of halogens is 1. The van der Waals surface area contributed by atoms with Crippen LogP contribution in [-0.4, -0.2) is 35.4 Å². The predicted octanol–water partition coefficient (Wildman–Crippen LogP) is 4.21. The Kier molecular flexibility index (Phi) is 8.71. The summed E-state index contributed by atoms with van der Waals surface area (Å²) in [7, 11) is 0. The highest BCUT2D eigenvalue weighted by Gasteiger charge is 2.27. The van der Waals surface area contributed by atoms with Crippen LogP contribution in [0.1, 0.15) is 47.9 Å². The zero-order valence-corrected chi connectivity index (χ0v) is 18.6. The van der Waals surface area contributed by atoms with E-state index in [-0.39, 0.29) is 23.1 Å². The quantitative estimate of drug-likeness (QED) is 0.327. The molecular formula is C22H24ClN3O6. The van der Waals surface area contributed by atoms with Crippen LogP contribution in [0.4, 0.5) is 11.4 Å². The third kappa shape index (κ3) is 6.27. The molecule has 2 aromatic carbocycles. The number of nitrogens with zero attached hydrogens (tertiary/aromatic N) is 1. The van der Waals surface area contributed by atoms with Gasteiger partial charge in [-0.15, -0.1) is 0 Å². The number of nitrogens with one attached hydrogen (secondary N) is 2. The number of hydrogen-bond acceptors (Lipinski definition) is 6. The number of anilines is 1. The number of benzene rings is 2. The van der Waals surface area contributed by atoms with Crippen molar-refractivity contribution in [1.82, 2.24) is 5.32 Å². The van der Waals surface area contributed by atoms with Gasteiger partial charge in [0.25, 0.3) is 11.6 Å². The number of ether oxygens (including phenoxy) is 1. The van der Waals surface area contributed by atoms with E-state index in [1.54, 1.807) is 26.0 Å². The molecule has 0 fully saturated rings. The molecule has 0 heterocycles. The van der Waals surface area contributed by atoms with Gasteiger partial charge in [-0.2, -0.15) is 0 Å². The molecule has 2 rings (SSSR count). The number of rotatable bonds is 9. The fourth-order valence-corrected chi connectivity index (χ4v) is 3.03. The summed E-state index contributed by atoms with van der Waals surface area (Å²) >= 11 is 5.80. The lowest BCUT2D eigenvalue weighted by Gasteiger charge is -2.23. The van der Waals surface area contributed by atoms with Crippen LogP contribution in [0.3, 0.4) is 0 Å². The molecule has 0 bridgehead atoms. The Morgan fingerprint density at radius 1 is 1.09 bits per heavy atom.